The first-order valence-electron chi connectivity index (χ1n) is 11.0. The van der Waals surface area contributed by atoms with E-state index in [0.29, 0.717) is 12.2 Å². The number of allylic oxidation sites excluding steroid dienone is 1. The molecule has 1 aromatic carbocycles. The van der Waals surface area contributed by atoms with Crippen molar-refractivity contribution < 1.29 is 14.3 Å². The third-order valence-corrected chi connectivity index (χ3v) is 5.30. The highest BCUT2D eigenvalue weighted by Gasteiger charge is 2.21. The molecule has 0 aliphatic carbocycles. The topological polar surface area (TPSA) is 65.7 Å². The molecule has 32 heavy (non-hydrogen) atoms. The van der Waals surface area contributed by atoms with E-state index in [4.69, 9.17) is 9.47 Å². The highest BCUT2D eigenvalue weighted by molar-refractivity contribution is 6.18. The minimum absolute atomic E-state index is 0.0565. The third-order valence-electron chi connectivity index (χ3n) is 5.30. The Morgan fingerprint density at radius 1 is 1.16 bits per heavy atom. The van der Waals surface area contributed by atoms with Gasteiger partial charge in [0.1, 0.15) is 5.69 Å². The van der Waals surface area contributed by atoms with Gasteiger partial charge in [0.15, 0.2) is 5.76 Å². The molecule has 174 valence electrons. The average molecular weight is 440 g/mol. The van der Waals surface area contributed by atoms with Gasteiger partial charge in [-0.2, -0.15) is 5.10 Å². The second kappa shape index (κ2) is 10.6. The molecule has 0 aliphatic rings. The maximum atomic E-state index is 12.0. The summed E-state index contributed by atoms with van der Waals surface area (Å²) in [5, 5.41) is 4.55. The quantitative estimate of drug-likeness (QED) is 0.237. The molecule has 0 saturated carbocycles. The van der Waals surface area contributed by atoms with Crippen LogP contribution in [0.5, 0.6) is 0 Å². The van der Waals surface area contributed by atoms with Crippen LogP contribution in [-0.2, 0) is 26.7 Å². The zero-order valence-electron chi connectivity index (χ0n) is 20.9. The van der Waals surface area contributed by atoms with Crippen molar-refractivity contribution in [1.29, 1.82) is 0 Å². The van der Waals surface area contributed by atoms with E-state index < -0.39 is 0 Å². The molecule has 1 aromatic heterocycles. The predicted octanol–water partition coefficient (Wildman–Crippen LogP) is 5.47. The van der Waals surface area contributed by atoms with Crippen LogP contribution in [-0.4, -0.2) is 35.8 Å². The van der Waals surface area contributed by atoms with E-state index in [9.17, 15) is 4.79 Å². The second-order valence-corrected chi connectivity index (χ2v) is 9.52. The maximum Gasteiger partial charge on any atom is 0.308 e. The fourth-order valence-corrected chi connectivity index (χ4v) is 3.44. The van der Waals surface area contributed by atoms with Gasteiger partial charge in [0.2, 0.25) is 6.79 Å². The number of aromatic nitrogens is 2. The number of benzene rings is 1. The lowest BCUT2D eigenvalue weighted by molar-refractivity contribution is -0.152. The summed E-state index contributed by atoms with van der Waals surface area (Å²) in [6.45, 7) is 14.3. The van der Waals surface area contributed by atoms with Crippen molar-refractivity contribution in [3.8, 4) is 0 Å². The van der Waals surface area contributed by atoms with Crippen molar-refractivity contribution >= 4 is 23.5 Å². The van der Waals surface area contributed by atoms with Crippen molar-refractivity contribution in [2.75, 3.05) is 13.8 Å². The second-order valence-electron chi connectivity index (χ2n) is 9.52. The van der Waals surface area contributed by atoms with Crippen LogP contribution < -0.4 is 0 Å². The van der Waals surface area contributed by atoms with Crippen LogP contribution in [0, 0.1) is 19.8 Å². The largest absolute Gasteiger partial charge is 0.454 e. The summed E-state index contributed by atoms with van der Waals surface area (Å²) in [7, 11) is 3.61. The number of carbonyl (C=O) groups is 1. The van der Waals surface area contributed by atoms with Crippen LogP contribution >= 0.6 is 0 Å². The Balaban J connectivity index is 2.55. The van der Waals surface area contributed by atoms with Gasteiger partial charge in [-0.25, -0.2) is 0 Å². The lowest BCUT2D eigenvalue weighted by atomic mass is 9.86. The van der Waals surface area contributed by atoms with Crippen LogP contribution in [0.15, 0.2) is 29.3 Å². The monoisotopic (exact) mass is 439 g/mol. The molecule has 0 atom stereocenters. The Morgan fingerprint density at radius 3 is 2.25 bits per heavy atom. The van der Waals surface area contributed by atoms with Gasteiger partial charge in [-0.1, -0.05) is 58.9 Å². The third kappa shape index (κ3) is 6.31. The molecule has 0 N–H and O–H groups in total. The minimum Gasteiger partial charge on any atom is -0.454 e. The van der Waals surface area contributed by atoms with E-state index in [0.717, 1.165) is 28.1 Å². The molecule has 0 radical (unpaired) electrons. The Bertz CT molecular complexity index is 991. The molecule has 1 heterocycles. The summed E-state index contributed by atoms with van der Waals surface area (Å²) < 4.78 is 13.3. The predicted molar refractivity (Wildman–Crippen MR) is 131 cm³/mol. The summed E-state index contributed by atoms with van der Waals surface area (Å²) in [6, 6.07) is 8.40. The van der Waals surface area contributed by atoms with Crippen LogP contribution in [0.3, 0.4) is 0 Å². The van der Waals surface area contributed by atoms with Crippen LogP contribution in [0.2, 0.25) is 0 Å². The molecule has 0 unspecified atom stereocenters. The van der Waals surface area contributed by atoms with Gasteiger partial charge in [0, 0.05) is 37.9 Å². The Morgan fingerprint density at radius 2 is 1.78 bits per heavy atom. The number of rotatable bonds is 8. The van der Waals surface area contributed by atoms with Gasteiger partial charge in [-0.15, -0.1) is 0 Å². The standard InChI is InChI=1S/C26H37N3O3/c1-17(2)14-23(30)31-16-32-25(24-18(3)19(4)28-29(24)9)22(15-27-8)20-10-12-21(13-11-20)26(5,6)7/h10-13,15,17H,14,16H2,1-9H3/b25-22-,27-15-. The number of aryl methyl sites for hydroxylation is 2. The number of hydrogen-bond acceptors (Lipinski definition) is 5. The zero-order valence-corrected chi connectivity index (χ0v) is 20.9. The first-order valence-corrected chi connectivity index (χ1v) is 11.0. The Hall–Kier alpha value is -2.89. The molecule has 0 saturated heterocycles. The zero-order chi connectivity index (χ0) is 24.1. The number of aliphatic imine (C=N–C) groups is 1. The summed E-state index contributed by atoms with van der Waals surface area (Å²) in [6.07, 6.45) is 2.13. The van der Waals surface area contributed by atoms with E-state index in [1.54, 1.807) is 17.9 Å². The fourth-order valence-electron chi connectivity index (χ4n) is 3.44. The van der Waals surface area contributed by atoms with Gasteiger partial charge in [0.25, 0.3) is 0 Å². The normalized spacial score (nSPS) is 12.9. The van der Waals surface area contributed by atoms with Gasteiger partial charge in [0.05, 0.1) is 5.69 Å². The number of hydrogen-bond donors (Lipinski definition) is 0. The molecular weight excluding hydrogens is 402 g/mol. The summed E-state index contributed by atoms with van der Waals surface area (Å²) >= 11 is 0. The van der Waals surface area contributed by atoms with Crippen LogP contribution in [0.25, 0.3) is 11.3 Å². The molecule has 0 spiro atoms. The molecule has 2 aromatic rings. The highest BCUT2D eigenvalue weighted by atomic mass is 16.7. The average Bonchev–Trinajstić information content (AvgIpc) is 2.94. The van der Waals surface area contributed by atoms with Crippen molar-refractivity contribution in [1.82, 2.24) is 9.78 Å². The highest BCUT2D eigenvalue weighted by Crippen LogP contribution is 2.31. The Labute approximate surface area is 192 Å². The molecule has 6 nitrogen and oxygen atoms in total. The molecule has 2 rings (SSSR count). The van der Waals surface area contributed by atoms with Crippen molar-refractivity contribution in [3.63, 3.8) is 0 Å². The summed E-state index contributed by atoms with van der Waals surface area (Å²) in [5.74, 6) is 0.526. The molecule has 0 bridgehead atoms. The van der Waals surface area contributed by atoms with E-state index >= 15 is 0 Å². The first-order chi connectivity index (χ1) is 15.0. The van der Waals surface area contributed by atoms with Crippen LogP contribution in [0.1, 0.15) is 69.1 Å². The van der Waals surface area contributed by atoms with E-state index in [2.05, 4.69) is 55.1 Å². The number of esters is 1. The van der Waals surface area contributed by atoms with E-state index in [1.807, 2.05) is 34.7 Å². The van der Waals surface area contributed by atoms with Gasteiger partial charge < -0.3 is 9.47 Å². The lowest BCUT2D eigenvalue weighted by Crippen LogP contribution is -2.13. The summed E-state index contributed by atoms with van der Waals surface area (Å²) in [4.78, 5) is 16.3. The molecule has 0 aliphatic heterocycles. The molecular formula is C26H37N3O3. The maximum absolute atomic E-state index is 12.0. The smallest absolute Gasteiger partial charge is 0.308 e. The SMILES string of the molecule is C/N=C\C(=C(\OCOC(=O)CC(C)C)c1c(C)c(C)nn1C)c1ccc(C(C)(C)C)cc1. The number of nitrogens with zero attached hydrogens (tertiary/aromatic N) is 3. The van der Waals surface area contributed by atoms with E-state index in [-0.39, 0.29) is 24.1 Å². The summed E-state index contributed by atoms with van der Waals surface area (Å²) in [5.41, 5.74) is 5.81. The van der Waals surface area contributed by atoms with Crippen molar-refractivity contribution in [3.05, 3.63) is 52.3 Å². The lowest BCUT2D eigenvalue weighted by Gasteiger charge is -2.20. The molecule has 0 amide bonds. The fraction of sp³-hybridized carbons (Fsp3) is 0.500. The van der Waals surface area contributed by atoms with Crippen molar-refractivity contribution in [2.45, 2.75) is 60.3 Å². The molecule has 6 heteroatoms. The van der Waals surface area contributed by atoms with Gasteiger partial charge in [-0.3, -0.25) is 14.5 Å². The van der Waals surface area contributed by atoms with Gasteiger partial charge in [-0.05, 0) is 36.3 Å². The first kappa shape index (κ1) is 25.4. The molecule has 0 fully saturated rings. The van der Waals surface area contributed by atoms with E-state index in [1.165, 1.54) is 5.56 Å². The minimum atomic E-state index is -0.280. The number of carbonyl (C=O) groups excluding carboxylic acids is 1. The number of ether oxygens (including phenoxy) is 2. The van der Waals surface area contributed by atoms with Gasteiger partial charge >= 0.3 is 5.97 Å². The Kier molecular flexibility index (Phi) is 8.42. The van der Waals surface area contributed by atoms with Crippen molar-refractivity contribution in [2.24, 2.45) is 18.0 Å². The van der Waals surface area contributed by atoms with Crippen LogP contribution in [0.4, 0.5) is 0 Å².